The van der Waals surface area contributed by atoms with E-state index in [0.717, 1.165) is 0 Å². The fourth-order valence-corrected chi connectivity index (χ4v) is 3.43. The number of hydrogen-bond donors (Lipinski definition) is 2. The molecule has 5 aromatic rings. The third-order valence-electron chi connectivity index (χ3n) is 5.02. The van der Waals surface area contributed by atoms with Gasteiger partial charge in [0.1, 0.15) is 11.4 Å². The molecule has 0 saturated carbocycles. The third kappa shape index (κ3) is 3.77. The Labute approximate surface area is 191 Å². The second kappa shape index (κ2) is 8.39. The fourth-order valence-electron chi connectivity index (χ4n) is 3.43. The van der Waals surface area contributed by atoms with Crippen LogP contribution in [0.5, 0.6) is 0 Å². The molecule has 0 radical (unpaired) electrons. The van der Waals surface area contributed by atoms with Crippen LogP contribution in [0.4, 0.5) is 0 Å². The normalized spacial score (nSPS) is 10.8. The van der Waals surface area contributed by atoms with E-state index in [4.69, 9.17) is 0 Å². The fraction of sp³-hybridized carbons (Fsp3) is 0. The molecule has 0 bridgehead atoms. The Morgan fingerprint density at radius 3 is 1.47 bits per heavy atom. The van der Waals surface area contributed by atoms with Crippen LogP contribution in [0.1, 0.15) is 20.7 Å². The Morgan fingerprint density at radius 2 is 1.03 bits per heavy atom. The number of aromatic nitrogens is 7. The summed E-state index contributed by atoms with van der Waals surface area (Å²) < 4.78 is 2.76. The van der Waals surface area contributed by atoms with E-state index in [1.807, 2.05) is 0 Å². The molecule has 0 amide bonds. The first-order chi connectivity index (χ1) is 16.5. The molecule has 0 aliphatic carbocycles. The van der Waals surface area contributed by atoms with Crippen LogP contribution in [0.15, 0.2) is 79.1 Å². The van der Waals surface area contributed by atoms with E-state index < -0.39 is 11.9 Å². The van der Waals surface area contributed by atoms with Crippen molar-refractivity contribution < 1.29 is 19.8 Å². The van der Waals surface area contributed by atoms with Crippen molar-refractivity contribution in [1.82, 2.24) is 35.0 Å². The average Bonchev–Trinajstić information content (AvgIpc) is 3.55. The number of benzene rings is 2. The van der Waals surface area contributed by atoms with E-state index in [0.29, 0.717) is 34.2 Å². The molecule has 11 heteroatoms. The van der Waals surface area contributed by atoms with Crippen molar-refractivity contribution in [3.8, 4) is 34.2 Å². The highest BCUT2D eigenvalue weighted by Gasteiger charge is 2.16. The lowest BCUT2D eigenvalue weighted by Gasteiger charge is -2.04. The molecule has 166 valence electrons. The molecule has 11 nitrogen and oxygen atoms in total. The number of hydrogen-bond acceptors (Lipinski definition) is 7. The highest BCUT2D eigenvalue weighted by molar-refractivity contribution is 5.92. The summed E-state index contributed by atoms with van der Waals surface area (Å²) in [7, 11) is 0. The average molecular weight is 453 g/mol. The van der Waals surface area contributed by atoms with Crippen molar-refractivity contribution in [3.63, 3.8) is 0 Å². The Balaban J connectivity index is 1.48. The van der Waals surface area contributed by atoms with Gasteiger partial charge in [0.2, 0.25) is 0 Å². The van der Waals surface area contributed by atoms with E-state index in [2.05, 4.69) is 25.6 Å². The zero-order valence-corrected chi connectivity index (χ0v) is 17.3. The van der Waals surface area contributed by atoms with E-state index in [9.17, 15) is 19.8 Å². The lowest BCUT2D eigenvalue weighted by Crippen LogP contribution is -2.05. The van der Waals surface area contributed by atoms with Gasteiger partial charge >= 0.3 is 11.9 Å². The molecule has 2 aromatic carbocycles. The molecule has 0 saturated heterocycles. The highest BCUT2D eigenvalue weighted by Crippen LogP contribution is 2.23. The first kappa shape index (κ1) is 20.7. The van der Waals surface area contributed by atoms with Gasteiger partial charge in [0.05, 0.1) is 46.3 Å². The molecular weight excluding hydrogens is 438 g/mol. The van der Waals surface area contributed by atoms with Crippen LogP contribution in [0.2, 0.25) is 0 Å². The van der Waals surface area contributed by atoms with Crippen LogP contribution in [-0.2, 0) is 0 Å². The summed E-state index contributed by atoms with van der Waals surface area (Å²) in [5.74, 6) is -2.14. The quantitative estimate of drug-likeness (QED) is 0.396. The predicted octanol–water partition coefficient (Wildman–Crippen LogP) is 2.97. The molecule has 0 fully saturated rings. The minimum absolute atomic E-state index is 0.0962. The molecule has 5 rings (SSSR count). The van der Waals surface area contributed by atoms with Crippen molar-refractivity contribution in [3.05, 3.63) is 90.3 Å². The van der Waals surface area contributed by atoms with Crippen LogP contribution in [0, 0.1) is 0 Å². The van der Waals surface area contributed by atoms with Crippen molar-refractivity contribution in [2.24, 2.45) is 0 Å². The van der Waals surface area contributed by atoms with E-state index in [1.54, 1.807) is 67.0 Å². The summed E-state index contributed by atoms with van der Waals surface area (Å²) in [5.41, 5.74) is 2.82. The van der Waals surface area contributed by atoms with Crippen LogP contribution in [-0.4, -0.2) is 57.1 Å². The van der Waals surface area contributed by atoms with Crippen molar-refractivity contribution >= 4 is 11.9 Å². The van der Waals surface area contributed by atoms with Gasteiger partial charge in [-0.1, -0.05) is 40.8 Å². The van der Waals surface area contributed by atoms with Gasteiger partial charge in [-0.25, -0.2) is 23.9 Å². The number of aromatic carboxylic acids is 2. The maximum Gasteiger partial charge on any atom is 0.337 e. The number of para-hydroxylation sites is 2. The van der Waals surface area contributed by atoms with E-state index in [1.165, 1.54) is 21.5 Å². The maximum absolute atomic E-state index is 11.5. The minimum atomic E-state index is -1.07. The first-order valence-electron chi connectivity index (χ1n) is 9.99. The molecule has 0 atom stereocenters. The summed E-state index contributed by atoms with van der Waals surface area (Å²) >= 11 is 0. The minimum Gasteiger partial charge on any atom is -0.478 e. The SMILES string of the molecule is O=C(O)c1ccccc1-n1cc(-c2cccc(-c3cn(-c4ccccc4C(=O)O)nn3)n2)nn1. The molecule has 0 spiro atoms. The molecule has 2 N–H and O–H groups in total. The first-order valence-corrected chi connectivity index (χ1v) is 9.99. The largest absolute Gasteiger partial charge is 0.478 e. The van der Waals surface area contributed by atoms with Crippen molar-refractivity contribution in [2.45, 2.75) is 0 Å². The molecule has 0 aliphatic rings. The summed E-state index contributed by atoms with van der Waals surface area (Å²) in [5, 5.41) is 35.2. The van der Waals surface area contributed by atoms with Gasteiger partial charge in [-0.15, -0.1) is 10.2 Å². The van der Waals surface area contributed by atoms with Gasteiger partial charge in [-0.05, 0) is 36.4 Å². The number of rotatable bonds is 6. The van der Waals surface area contributed by atoms with Crippen molar-refractivity contribution in [1.29, 1.82) is 0 Å². The van der Waals surface area contributed by atoms with E-state index in [-0.39, 0.29) is 11.1 Å². The zero-order chi connectivity index (χ0) is 23.7. The van der Waals surface area contributed by atoms with E-state index >= 15 is 0 Å². The van der Waals surface area contributed by atoms with Crippen LogP contribution >= 0.6 is 0 Å². The lowest BCUT2D eigenvalue weighted by molar-refractivity contribution is 0.0686. The molecule has 0 unspecified atom stereocenters. The third-order valence-corrected chi connectivity index (χ3v) is 5.02. The van der Waals surface area contributed by atoms with Gasteiger partial charge in [0.15, 0.2) is 0 Å². The highest BCUT2D eigenvalue weighted by atomic mass is 16.4. The monoisotopic (exact) mass is 453 g/mol. The lowest BCUT2D eigenvalue weighted by atomic mass is 10.2. The zero-order valence-electron chi connectivity index (χ0n) is 17.3. The van der Waals surface area contributed by atoms with Gasteiger partial charge in [-0.3, -0.25) is 0 Å². The smallest absolute Gasteiger partial charge is 0.337 e. The number of pyridine rings is 1. The Hall–Kier alpha value is -5.19. The van der Waals surface area contributed by atoms with Crippen LogP contribution in [0.25, 0.3) is 34.2 Å². The summed E-state index contributed by atoms with van der Waals surface area (Å²) in [6, 6.07) is 18.2. The number of nitrogens with zero attached hydrogens (tertiary/aromatic N) is 7. The summed E-state index contributed by atoms with van der Waals surface area (Å²) in [6.45, 7) is 0. The van der Waals surface area contributed by atoms with Gasteiger partial charge in [0.25, 0.3) is 0 Å². The van der Waals surface area contributed by atoms with Crippen LogP contribution in [0.3, 0.4) is 0 Å². The van der Waals surface area contributed by atoms with Crippen molar-refractivity contribution in [2.75, 3.05) is 0 Å². The topological polar surface area (TPSA) is 149 Å². The second-order valence-corrected chi connectivity index (χ2v) is 7.15. The predicted molar refractivity (Wildman–Crippen MR) is 119 cm³/mol. The Bertz CT molecular complexity index is 1430. The Morgan fingerprint density at radius 1 is 0.588 bits per heavy atom. The number of carbonyl (C=O) groups is 2. The van der Waals surface area contributed by atoms with Gasteiger partial charge in [-0.2, -0.15) is 0 Å². The molecule has 34 heavy (non-hydrogen) atoms. The Kier molecular flexibility index (Phi) is 5.11. The van der Waals surface area contributed by atoms with Crippen LogP contribution < -0.4 is 0 Å². The van der Waals surface area contributed by atoms with Gasteiger partial charge in [0, 0.05) is 0 Å². The molecule has 3 heterocycles. The number of carboxylic acids is 2. The second-order valence-electron chi connectivity index (χ2n) is 7.15. The molecule has 3 aromatic heterocycles. The maximum atomic E-state index is 11.5. The standard InChI is InChI=1S/C23H15N7O4/c31-22(32)14-6-1-3-10-20(14)29-12-18(25-27-29)16-8-5-9-17(24-16)19-13-30(28-26-19)21-11-4-2-7-15(21)23(33)34/h1-13H,(H,31,32)(H,33,34). The van der Waals surface area contributed by atoms with Gasteiger partial charge < -0.3 is 10.2 Å². The molecular formula is C23H15N7O4. The molecule has 0 aliphatic heterocycles. The number of carboxylic acid groups (broad SMARTS) is 2. The summed E-state index contributed by atoms with van der Waals surface area (Å²) in [4.78, 5) is 27.6. The summed E-state index contributed by atoms with van der Waals surface area (Å²) in [6.07, 6.45) is 3.18.